The van der Waals surface area contributed by atoms with Crippen LogP contribution in [0.3, 0.4) is 0 Å². The summed E-state index contributed by atoms with van der Waals surface area (Å²) in [7, 11) is 0. The van der Waals surface area contributed by atoms with Crippen molar-refractivity contribution < 1.29 is 0 Å². The van der Waals surface area contributed by atoms with Crippen LogP contribution in [0.15, 0.2) is 27.1 Å². The highest BCUT2D eigenvalue weighted by Gasteiger charge is 2.33. The minimum Gasteiger partial charge on any atom is -0.310 e. The maximum Gasteiger partial charge on any atom is 0.0320 e. The molecule has 0 radical (unpaired) electrons. The molecule has 1 aromatic carbocycles. The fourth-order valence-electron chi connectivity index (χ4n) is 3.31. The highest BCUT2D eigenvalue weighted by atomic mass is 79.9. The van der Waals surface area contributed by atoms with Gasteiger partial charge in [0.2, 0.25) is 0 Å². The molecule has 1 aliphatic carbocycles. The number of benzene rings is 1. The molecule has 1 aliphatic rings. The molecular formula is C17H25Br2N. The van der Waals surface area contributed by atoms with E-state index in [9.17, 15) is 0 Å². The quantitative estimate of drug-likeness (QED) is 0.662. The first-order chi connectivity index (χ1) is 9.38. The Balaban J connectivity index is 1.99. The second-order valence-corrected chi connectivity index (χ2v) is 8.70. The fraction of sp³-hybridized carbons (Fsp3) is 0.647. The van der Waals surface area contributed by atoms with Gasteiger partial charge in [-0.2, -0.15) is 0 Å². The van der Waals surface area contributed by atoms with Crippen molar-refractivity contribution in [2.75, 3.05) is 0 Å². The topological polar surface area (TPSA) is 12.0 Å². The third-order valence-corrected chi connectivity index (χ3v) is 6.31. The fourth-order valence-corrected chi connectivity index (χ4v) is 3.98. The summed E-state index contributed by atoms with van der Waals surface area (Å²) in [5.74, 6) is 0.787. The van der Waals surface area contributed by atoms with Crippen LogP contribution < -0.4 is 5.32 Å². The Morgan fingerprint density at radius 3 is 2.45 bits per heavy atom. The van der Waals surface area contributed by atoms with Gasteiger partial charge in [-0.3, -0.25) is 0 Å². The largest absolute Gasteiger partial charge is 0.310 e. The third-order valence-electron chi connectivity index (χ3n) is 4.43. The van der Waals surface area contributed by atoms with Crippen LogP contribution in [0, 0.1) is 11.3 Å². The molecule has 0 heterocycles. The lowest BCUT2D eigenvalue weighted by Crippen LogP contribution is -2.43. The second-order valence-electron chi connectivity index (χ2n) is 6.99. The summed E-state index contributed by atoms with van der Waals surface area (Å²) in [5, 5.41) is 3.81. The summed E-state index contributed by atoms with van der Waals surface area (Å²) in [6.07, 6.45) is 5.45. The zero-order chi connectivity index (χ0) is 14.8. The summed E-state index contributed by atoms with van der Waals surface area (Å²) >= 11 is 7.11. The van der Waals surface area contributed by atoms with Gasteiger partial charge in [0.25, 0.3) is 0 Å². The summed E-state index contributed by atoms with van der Waals surface area (Å²) < 4.78 is 2.25. The van der Waals surface area contributed by atoms with Gasteiger partial charge in [-0.1, -0.05) is 39.7 Å². The Morgan fingerprint density at radius 1 is 1.10 bits per heavy atom. The first-order valence-corrected chi connectivity index (χ1v) is 9.14. The molecule has 1 N–H and O–H groups in total. The van der Waals surface area contributed by atoms with Gasteiger partial charge >= 0.3 is 0 Å². The van der Waals surface area contributed by atoms with E-state index in [1.807, 2.05) is 0 Å². The van der Waals surface area contributed by atoms with Gasteiger partial charge in [-0.15, -0.1) is 0 Å². The molecule has 0 saturated heterocycles. The molecule has 0 spiro atoms. The van der Waals surface area contributed by atoms with E-state index in [2.05, 4.69) is 76.1 Å². The second kappa shape index (κ2) is 6.93. The predicted molar refractivity (Wildman–Crippen MR) is 93.9 cm³/mol. The van der Waals surface area contributed by atoms with Crippen molar-refractivity contribution in [1.29, 1.82) is 0 Å². The van der Waals surface area contributed by atoms with Gasteiger partial charge in [0.05, 0.1) is 0 Å². The number of rotatable bonds is 3. The van der Waals surface area contributed by atoms with Gasteiger partial charge in [0.15, 0.2) is 0 Å². The van der Waals surface area contributed by atoms with Crippen LogP contribution in [-0.2, 0) is 6.54 Å². The molecule has 20 heavy (non-hydrogen) atoms. The Bertz CT molecular complexity index is 451. The number of hydrogen-bond acceptors (Lipinski definition) is 1. The Labute approximate surface area is 140 Å². The average molecular weight is 403 g/mol. The molecule has 1 saturated carbocycles. The predicted octanol–water partition coefficient (Wildman–Crippen LogP) is 5.91. The number of halogens is 2. The maximum absolute atomic E-state index is 3.81. The van der Waals surface area contributed by atoms with Gasteiger partial charge in [0.1, 0.15) is 0 Å². The lowest BCUT2D eigenvalue weighted by atomic mass is 9.69. The number of hydrogen-bond donors (Lipinski definition) is 1. The van der Waals surface area contributed by atoms with E-state index in [0.29, 0.717) is 11.5 Å². The van der Waals surface area contributed by atoms with Crippen molar-refractivity contribution in [3.63, 3.8) is 0 Å². The Kier molecular flexibility index (Phi) is 5.72. The van der Waals surface area contributed by atoms with E-state index in [-0.39, 0.29) is 0 Å². The number of nitrogens with one attached hydrogen (secondary N) is 1. The summed E-state index contributed by atoms with van der Waals surface area (Å²) in [6, 6.07) is 7.16. The van der Waals surface area contributed by atoms with E-state index < -0.39 is 0 Å². The Hall–Kier alpha value is 0.140. The van der Waals surface area contributed by atoms with Crippen LogP contribution in [0.25, 0.3) is 0 Å². The smallest absolute Gasteiger partial charge is 0.0320 e. The molecule has 3 heteroatoms. The van der Waals surface area contributed by atoms with E-state index >= 15 is 0 Å². The monoisotopic (exact) mass is 401 g/mol. The van der Waals surface area contributed by atoms with Crippen LogP contribution in [0.4, 0.5) is 0 Å². The summed E-state index contributed by atoms with van der Waals surface area (Å²) in [4.78, 5) is 0. The van der Waals surface area contributed by atoms with E-state index in [0.717, 1.165) is 21.4 Å². The molecule has 0 aromatic heterocycles. The first kappa shape index (κ1) is 16.5. The molecule has 0 amide bonds. The van der Waals surface area contributed by atoms with E-state index in [1.54, 1.807) is 0 Å². The van der Waals surface area contributed by atoms with Crippen LogP contribution >= 0.6 is 31.9 Å². The van der Waals surface area contributed by atoms with Crippen molar-refractivity contribution in [3.05, 3.63) is 32.7 Å². The van der Waals surface area contributed by atoms with E-state index in [4.69, 9.17) is 0 Å². The average Bonchev–Trinajstić information content (AvgIpc) is 2.39. The Morgan fingerprint density at radius 2 is 1.80 bits per heavy atom. The van der Waals surface area contributed by atoms with Crippen molar-refractivity contribution in [2.24, 2.45) is 11.3 Å². The SMILES string of the molecule is CC(C)(C)C1CCCCC1NCc1ccc(Br)c(Br)c1. The minimum atomic E-state index is 0.401. The molecule has 2 rings (SSSR count). The zero-order valence-corrected chi connectivity index (χ0v) is 15.9. The van der Waals surface area contributed by atoms with Crippen molar-refractivity contribution in [2.45, 2.75) is 59.0 Å². The van der Waals surface area contributed by atoms with Gasteiger partial charge in [0, 0.05) is 21.5 Å². The molecule has 2 unspecified atom stereocenters. The molecule has 1 nitrogen and oxygen atoms in total. The molecule has 1 aromatic rings. The van der Waals surface area contributed by atoms with Crippen molar-refractivity contribution in [3.8, 4) is 0 Å². The minimum absolute atomic E-state index is 0.401. The van der Waals surface area contributed by atoms with Crippen LogP contribution in [0.1, 0.15) is 52.0 Å². The lowest BCUT2D eigenvalue weighted by Gasteiger charge is -2.41. The molecule has 2 atom stereocenters. The zero-order valence-electron chi connectivity index (χ0n) is 12.7. The van der Waals surface area contributed by atoms with E-state index in [1.165, 1.54) is 31.2 Å². The summed E-state index contributed by atoms with van der Waals surface area (Å²) in [6.45, 7) is 8.11. The van der Waals surface area contributed by atoms with Gasteiger partial charge in [-0.25, -0.2) is 0 Å². The molecule has 112 valence electrons. The first-order valence-electron chi connectivity index (χ1n) is 7.55. The normalized spacial score (nSPS) is 23.9. The van der Waals surface area contributed by atoms with Crippen LogP contribution in [0.2, 0.25) is 0 Å². The lowest BCUT2D eigenvalue weighted by molar-refractivity contribution is 0.130. The molecule has 0 bridgehead atoms. The van der Waals surface area contributed by atoms with Crippen LogP contribution in [0.5, 0.6) is 0 Å². The molecule has 1 fully saturated rings. The standard InChI is InChI=1S/C17H25Br2N/c1-17(2,3)13-6-4-5-7-16(13)20-11-12-8-9-14(18)15(19)10-12/h8-10,13,16,20H,4-7,11H2,1-3H3. The molecular weight excluding hydrogens is 378 g/mol. The summed E-state index contributed by atoms with van der Waals surface area (Å²) in [5.41, 5.74) is 1.75. The maximum atomic E-state index is 3.81. The highest BCUT2D eigenvalue weighted by Crippen LogP contribution is 2.38. The third kappa shape index (κ3) is 4.32. The van der Waals surface area contributed by atoms with Crippen molar-refractivity contribution >= 4 is 31.9 Å². The van der Waals surface area contributed by atoms with Gasteiger partial charge in [-0.05, 0) is 73.7 Å². The highest BCUT2D eigenvalue weighted by molar-refractivity contribution is 9.13. The van der Waals surface area contributed by atoms with Gasteiger partial charge < -0.3 is 5.32 Å². The molecule has 0 aliphatic heterocycles. The van der Waals surface area contributed by atoms with Crippen molar-refractivity contribution in [1.82, 2.24) is 5.32 Å². The van der Waals surface area contributed by atoms with Crippen LogP contribution in [-0.4, -0.2) is 6.04 Å².